The van der Waals surface area contributed by atoms with Crippen LogP contribution in [0, 0.1) is 0 Å². The summed E-state index contributed by atoms with van der Waals surface area (Å²) in [5.41, 5.74) is 1.35. The number of hydrogen-bond acceptors (Lipinski definition) is 1. The number of benzene rings is 3. The van der Waals surface area contributed by atoms with E-state index in [0.29, 0.717) is 6.61 Å². The van der Waals surface area contributed by atoms with Crippen LogP contribution in [0.1, 0.15) is 12.5 Å². The van der Waals surface area contributed by atoms with Gasteiger partial charge in [-0.1, -0.05) is 0 Å². The summed E-state index contributed by atoms with van der Waals surface area (Å²) >= 11 is -2.26. The molecule has 23 heavy (non-hydrogen) atoms. The van der Waals surface area contributed by atoms with Gasteiger partial charge in [-0.3, -0.25) is 0 Å². The van der Waals surface area contributed by atoms with Gasteiger partial charge in [0.15, 0.2) is 0 Å². The third-order valence-corrected chi connectivity index (χ3v) is 13.6. The Balaban J connectivity index is 2.10. The minimum absolute atomic E-state index is 0.707. The predicted octanol–water partition coefficient (Wildman–Crippen LogP) is 2.74. The second-order valence-corrected chi connectivity index (χ2v) is 13.8. The fourth-order valence-electron chi connectivity index (χ4n) is 2.64. The van der Waals surface area contributed by atoms with Gasteiger partial charge < -0.3 is 0 Å². The molecule has 0 unspecified atom stereocenters. The van der Waals surface area contributed by atoms with Crippen molar-refractivity contribution in [3.8, 4) is 0 Å². The van der Waals surface area contributed by atoms with Crippen molar-refractivity contribution >= 4 is 31.6 Å². The van der Waals surface area contributed by atoms with Crippen LogP contribution in [0.4, 0.5) is 0 Å². The van der Waals surface area contributed by atoms with Gasteiger partial charge in [0.05, 0.1) is 0 Å². The average Bonchev–Trinajstić information content (AvgIpc) is 2.63. The first-order valence-electron chi connectivity index (χ1n) is 7.96. The number of ether oxygens (including phenoxy) is 1. The van der Waals surface area contributed by atoms with Gasteiger partial charge in [-0.2, -0.15) is 0 Å². The molecular formula is C21H21BiO. The normalized spacial score (nSPS) is 10.9. The Hall–Kier alpha value is -1.50. The second-order valence-electron chi connectivity index (χ2n) is 5.27. The Morgan fingerprint density at radius 1 is 0.696 bits per heavy atom. The van der Waals surface area contributed by atoms with Crippen molar-refractivity contribution in [1.82, 2.24) is 0 Å². The standard InChI is InChI=1S/C9H11O.2C6H5.Bi/c1-2-10-8-9-6-4-3-5-7-9;2*1-2-4-6-5-3-1;/h3-6H,2,8H2,1H3;2*1-5H;. The fraction of sp³-hybridized carbons (Fsp3) is 0.143. The maximum atomic E-state index is 5.71. The molecule has 0 radical (unpaired) electrons. The van der Waals surface area contributed by atoms with Gasteiger partial charge in [-0.05, 0) is 0 Å². The van der Waals surface area contributed by atoms with Crippen molar-refractivity contribution in [2.75, 3.05) is 6.61 Å². The summed E-state index contributed by atoms with van der Waals surface area (Å²) in [5, 5.41) is 0. The van der Waals surface area contributed by atoms with Crippen LogP contribution in [0.15, 0.2) is 84.9 Å². The van der Waals surface area contributed by atoms with Crippen molar-refractivity contribution in [1.29, 1.82) is 0 Å². The predicted molar refractivity (Wildman–Crippen MR) is 99.3 cm³/mol. The summed E-state index contributed by atoms with van der Waals surface area (Å²) in [5.74, 6) is 0. The second kappa shape index (κ2) is 8.38. The molecule has 0 saturated carbocycles. The zero-order valence-electron chi connectivity index (χ0n) is 13.4. The van der Waals surface area contributed by atoms with Gasteiger partial charge >= 0.3 is 147 Å². The Kier molecular flexibility index (Phi) is 5.96. The van der Waals surface area contributed by atoms with Crippen LogP contribution >= 0.6 is 0 Å². The van der Waals surface area contributed by atoms with Gasteiger partial charge in [0.25, 0.3) is 0 Å². The van der Waals surface area contributed by atoms with Gasteiger partial charge in [0.2, 0.25) is 0 Å². The first kappa shape index (κ1) is 16.4. The Morgan fingerprint density at radius 3 is 1.78 bits per heavy atom. The van der Waals surface area contributed by atoms with E-state index in [1.807, 2.05) is 0 Å². The van der Waals surface area contributed by atoms with E-state index in [9.17, 15) is 0 Å². The molecule has 0 atom stereocenters. The molecule has 0 fully saturated rings. The van der Waals surface area contributed by atoms with Crippen LogP contribution in [-0.4, -0.2) is 28.4 Å². The Bertz CT molecular complexity index is 686. The van der Waals surface area contributed by atoms with Crippen molar-refractivity contribution in [2.24, 2.45) is 0 Å². The number of rotatable bonds is 6. The molecule has 0 aliphatic heterocycles. The molecule has 0 aliphatic rings. The zero-order chi connectivity index (χ0) is 15.9. The first-order chi connectivity index (χ1) is 11.4. The SMILES string of the molecule is CCOCc1cccc[c]1[Bi]([c]1ccccc1)[c]1ccccc1. The minimum atomic E-state index is -2.26. The quantitative estimate of drug-likeness (QED) is 0.476. The summed E-state index contributed by atoms with van der Waals surface area (Å²) in [7, 11) is 0. The molecule has 0 heterocycles. The molecule has 0 amide bonds. The third kappa shape index (κ3) is 4.08. The van der Waals surface area contributed by atoms with E-state index in [1.165, 1.54) is 15.4 Å². The van der Waals surface area contributed by atoms with E-state index >= 15 is 0 Å². The van der Waals surface area contributed by atoms with E-state index < -0.39 is 21.8 Å². The van der Waals surface area contributed by atoms with Crippen LogP contribution in [-0.2, 0) is 11.3 Å². The summed E-state index contributed by atoms with van der Waals surface area (Å²) in [6.07, 6.45) is 0. The van der Waals surface area contributed by atoms with Crippen LogP contribution in [0.2, 0.25) is 0 Å². The summed E-state index contributed by atoms with van der Waals surface area (Å²) in [6, 6.07) is 30.8. The molecule has 0 aliphatic carbocycles. The average molecular weight is 498 g/mol. The molecule has 116 valence electrons. The molecule has 0 N–H and O–H groups in total. The van der Waals surface area contributed by atoms with Gasteiger partial charge in [0, 0.05) is 0 Å². The van der Waals surface area contributed by atoms with Crippen LogP contribution in [0.5, 0.6) is 0 Å². The molecule has 1 nitrogen and oxygen atoms in total. The molecule has 3 aromatic carbocycles. The van der Waals surface area contributed by atoms with E-state index in [4.69, 9.17) is 4.74 Å². The Labute approximate surface area is 146 Å². The molecule has 3 rings (SSSR count). The van der Waals surface area contributed by atoms with E-state index in [-0.39, 0.29) is 0 Å². The first-order valence-corrected chi connectivity index (χ1v) is 13.2. The third-order valence-electron chi connectivity index (χ3n) is 3.72. The molecule has 2 heteroatoms. The van der Waals surface area contributed by atoms with Crippen LogP contribution in [0.3, 0.4) is 0 Å². The molecule has 0 spiro atoms. The van der Waals surface area contributed by atoms with Gasteiger partial charge in [0.1, 0.15) is 0 Å². The van der Waals surface area contributed by atoms with E-state index in [1.54, 1.807) is 0 Å². The fourth-order valence-corrected chi connectivity index (χ4v) is 12.2. The monoisotopic (exact) mass is 498 g/mol. The molecule has 0 bridgehead atoms. The molecule has 3 aromatic rings. The molecule has 0 saturated heterocycles. The van der Waals surface area contributed by atoms with Crippen LogP contribution in [0.25, 0.3) is 0 Å². The summed E-state index contributed by atoms with van der Waals surface area (Å²) in [6.45, 7) is 3.51. The van der Waals surface area contributed by atoms with Crippen molar-refractivity contribution in [2.45, 2.75) is 13.5 Å². The summed E-state index contributed by atoms with van der Waals surface area (Å²) < 4.78 is 10.3. The van der Waals surface area contributed by atoms with Crippen molar-refractivity contribution < 1.29 is 4.74 Å². The van der Waals surface area contributed by atoms with Gasteiger partial charge in [-0.15, -0.1) is 0 Å². The maximum absolute atomic E-state index is 5.71. The molecule has 0 aromatic heterocycles. The van der Waals surface area contributed by atoms with E-state index in [2.05, 4.69) is 91.9 Å². The number of hydrogen-bond donors (Lipinski definition) is 0. The van der Waals surface area contributed by atoms with Gasteiger partial charge in [-0.25, -0.2) is 0 Å². The zero-order valence-corrected chi connectivity index (χ0v) is 16.8. The topological polar surface area (TPSA) is 9.23 Å². The Morgan fingerprint density at radius 2 is 1.22 bits per heavy atom. The van der Waals surface area contributed by atoms with E-state index in [0.717, 1.165) is 6.61 Å². The van der Waals surface area contributed by atoms with Crippen LogP contribution < -0.4 is 9.81 Å². The summed E-state index contributed by atoms with van der Waals surface area (Å²) in [4.78, 5) is 0. The van der Waals surface area contributed by atoms with Crippen molar-refractivity contribution in [3.63, 3.8) is 0 Å². The van der Waals surface area contributed by atoms with Crippen molar-refractivity contribution in [3.05, 3.63) is 90.5 Å². The molecular weight excluding hydrogens is 477 g/mol.